The van der Waals surface area contributed by atoms with Crippen molar-refractivity contribution in [1.82, 2.24) is 14.9 Å². The topological polar surface area (TPSA) is 111 Å². The van der Waals surface area contributed by atoms with Gasteiger partial charge in [-0.15, -0.1) is 0 Å². The SMILES string of the molecule is COc1nc(NCCCN(C)C)nc(OC)c1NC(=O)c1ccc(Oc2cc3c(cc2C)[Si](C)(C)CC3)o1. The van der Waals surface area contributed by atoms with Gasteiger partial charge in [-0.3, -0.25) is 4.79 Å². The molecule has 204 valence electrons. The van der Waals surface area contributed by atoms with Crippen LogP contribution in [0, 0.1) is 6.92 Å². The Hall–Kier alpha value is -3.57. The Morgan fingerprint density at radius 1 is 1.13 bits per heavy atom. The number of hydrogen-bond acceptors (Lipinski definition) is 9. The van der Waals surface area contributed by atoms with E-state index < -0.39 is 14.0 Å². The van der Waals surface area contributed by atoms with Crippen molar-refractivity contribution < 1.29 is 23.4 Å². The highest BCUT2D eigenvalue weighted by atomic mass is 28.3. The van der Waals surface area contributed by atoms with Crippen molar-refractivity contribution in [3.63, 3.8) is 0 Å². The minimum atomic E-state index is -1.36. The number of anilines is 2. The molecule has 0 atom stereocenters. The Morgan fingerprint density at radius 2 is 1.84 bits per heavy atom. The predicted octanol–water partition coefficient (Wildman–Crippen LogP) is 4.27. The molecule has 10 nitrogen and oxygen atoms in total. The van der Waals surface area contributed by atoms with Crippen molar-refractivity contribution in [2.75, 3.05) is 52.0 Å². The summed E-state index contributed by atoms with van der Waals surface area (Å²) in [6.45, 7) is 8.45. The lowest BCUT2D eigenvalue weighted by Crippen LogP contribution is -2.37. The molecule has 1 amide bonds. The van der Waals surface area contributed by atoms with E-state index in [2.05, 4.69) is 50.7 Å². The van der Waals surface area contributed by atoms with Crippen LogP contribution in [0.5, 0.6) is 23.5 Å². The summed E-state index contributed by atoms with van der Waals surface area (Å²) in [6, 6.07) is 8.80. The maximum absolute atomic E-state index is 13.0. The normalized spacial score (nSPS) is 13.8. The summed E-state index contributed by atoms with van der Waals surface area (Å²) in [6.07, 6.45) is 1.99. The van der Waals surface area contributed by atoms with Crippen molar-refractivity contribution in [3.8, 4) is 23.5 Å². The van der Waals surface area contributed by atoms with Gasteiger partial charge in [-0.25, -0.2) is 0 Å². The van der Waals surface area contributed by atoms with Crippen LogP contribution in [-0.4, -0.2) is 70.3 Å². The Balaban J connectivity index is 1.46. The Kier molecular flexibility index (Phi) is 8.27. The van der Waals surface area contributed by atoms with Crippen LogP contribution < -0.4 is 30.0 Å². The second-order valence-electron chi connectivity index (χ2n) is 10.4. The zero-order valence-electron chi connectivity index (χ0n) is 23.2. The quantitative estimate of drug-likeness (QED) is 0.272. The fraction of sp³-hybridized carbons (Fsp3) is 0.444. The third kappa shape index (κ3) is 6.11. The molecule has 0 spiro atoms. The minimum Gasteiger partial charge on any atom is -0.479 e. The Morgan fingerprint density at radius 3 is 2.50 bits per heavy atom. The lowest BCUT2D eigenvalue weighted by molar-refractivity contribution is 0.0990. The zero-order chi connectivity index (χ0) is 27.4. The first-order chi connectivity index (χ1) is 18.1. The lowest BCUT2D eigenvalue weighted by atomic mass is 10.1. The first-order valence-corrected chi connectivity index (χ1v) is 15.9. The van der Waals surface area contributed by atoms with Gasteiger partial charge in [-0.1, -0.05) is 24.3 Å². The van der Waals surface area contributed by atoms with Gasteiger partial charge in [0.1, 0.15) is 5.75 Å². The summed E-state index contributed by atoms with van der Waals surface area (Å²) in [5.74, 6) is 1.22. The second kappa shape index (κ2) is 11.4. The third-order valence-corrected chi connectivity index (χ3v) is 10.1. The molecule has 38 heavy (non-hydrogen) atoms. The summed E-state index contributed by atoms with van der Waals surface area (Å²) in [7, 11) is 5.61. The van der Waals surface area contributed by atoms with E-state index in [1.807, 2.05) is 21.0 Å². The fourth-order valence-corrected chi connectivity index (χ4v) is 7.37. The highest BCUT2D eigenvalue weighted by Crippen LogP contribution is 2.34. The zero-order valence-corrected chi connectivity index (χ0v) is 24.2. The Labute approximate surface area is 224 Å². The number of nitrogens with zero attached hydrogens (tertiary/aromatic N) is 3. The number of amides is 1. The maximum Gasteiger partial charge on any atom is 0.291 e. The van der Waals surface area contributed by atoms with Gasteiger partial charge in [0.05, 0.1) is 22.3 Å². The van der Waals surface area contributed by atoms with E-state index in [9.17, 15) is 4.79 Å². The van der Waals surface area contributed by atoms with E-state index >= 15 is 0 Å². The first-order valence-electron chi connectivity index (χ1n) is 12.7. The molecule has 0 bridgehead atoms. The van der Waals surface area contributed by atoms with Crippen LogP contribution >= 0.6 is 0 Å². The number of nitrogens with one attached hydrogen (secondary N) is 2. The highest BCUT2D eigenvalue weighted by Gasteiger charge is 2.32. The number of furan rings is 1. The van der Waals surface area contributed by atoms with Crippen molar-refractivity contribution >= 4 is 30.8 Å². The van der Waals surface area contributed by atoms with Crippen molar-refractivity contribution in [2.24, 2.45) is 0 Å². The molecule has 2 N–H and O–H groups in total. The van der Waals surface area contributed by atoms with Gasteiger partial charge in [0.2, 0.25) is 17.7 Å². The lowest BCUT2D eigenvalue weighted by Gasteiger charge is -2.17. The molecule has 0 saturated carbocycles. The molecule has 1 aliphatic heterocycles. The van der Waals surface area contributed by atoms with Crippen LogP contribution in [-0.2, 0) is 6.42 Å². The second-order valence-corrected chi connectivity index (χ2v) is 15.2. The number of rotatable bonds is 11. The van der Waals surface area contributed by atoms with Gasteiger partial charge < -0.3 is 34.2 Å². The van der Waals surface area contributed by atoms with Gasteiger partial charge in [0.25, 0.3) is 11.9 Å². The molecular weight excluding hydrogens is 502 g/mol. The molecule has 0 unspecified atom stereocenters. The molecule has 0 radical (unpaired) electrons. The molecule has 2 aromatic heterocycles. The van der Waals surface area contributed by atoms with E-state index in [4.69, 9.17) is 18.6 Å². The fourth-order valence-electron chi connectivity index (χ4n) is 4.54. The number of carbonyl (C=O) groups excluding carboxylic acids is 1. The third-order valence-electron chi connectivity index (χ3n) is 6.70. The smallest absolute Gasteiger partial charge is 0.291 e. The average Bonchev–Trinajstić information content (AvgIpc) is 3.46. The van der Waals surface area contributed by atoms with Crippen LogP contribution in [0.4, 0.5) is 11.6 Å². The van der Waals surface area contributed by atoms with Crippen LogP contribution in [0.1, 0.15) is 28.1 Å². The predicted molar refractivity (Wildman–Crippen MR) is 150 cm³/mol. The van der Waals surface area contributed by atoms with Gasteiger partial charge >= 0.3 is 0 Å². The van der Waals surface area contributed by atoms with Crippen LogP contribution in [0.15, 0.2) is 28.7 Å². The summed E-state index contributed by atoms with van der Waals surface area (Å²) < 4.78 is 22.6. The number of hydrogen-bond donors (Lipinski definition) is 2. The number of fused-ring (bicyclic) bond motifs is 1. The van der Waals surface area contributed by atoms with Gasteiger partial charge in [-0.2, -0.15) is 9.97 Å². The molecule has 3 heterocycles. The monoisotopic (exact) mass is 539 g/mol. The number of carbonyl (C=O) groups is 1. The number of aromatic nitrogens is 2. The molecular formula is C27H37N5O5Si. The first kappa shape index (κ1) is 27.5. The number of ether oxygens (including phenoxy) is 3. The minimum absolute atomic E-state index is 0.0716. The maximum atomic E-state index is 13.0. The van der Waals surface area contributed by atoms with Gasteiger partial charge in [0, 0.05) is 12.6 Å². The van der Waals surface area contributed by atoms with Crippen LogP contribution in [0.2, 0.25) is 19.1 Å². The molecule has 0 aliphatic carbocycles. The van der Waals surface area contributed by atoms with Crippen molar-refractivity contribution in [2.45, 2.75) is 38.9 Å². The van der Waals surface area contributed by atoms with E-state index in [1.54, 1.807) is 12.1 Å². The number of benzene rings is 1. The molecule has 1 aliphatic rings. The summed E-state index contributed by atoms with van der Waals surface area (Å²) in [5, 5.41) is 7.40. The van der Waals surface area contributed by atoms with Crippen LogP contribution in [0.25, 0.3) is 0 Å². The van der Waals surface area contributed by atoms with Gasteiger partial charge in [0.15, 0.2) is 11.4 Å². The molecule has 4 rings (SSSR count). The van der Waals surface area contributed by atoms with E-state index in [-0.39, 0.29) is 29.2 Å². The summed E-state index contributed by atoms with van der Waals surface area (Å²) in [5.41, 5.74) is 2.61. The van der Waals surface area contributed by atoms with E-state index in [1.165, 1.54) is 31.0 Å². The number of methoxy groups -OCH3 is 2. The van der Waals surface area contributed by atoms with E-state index in [0.29, 0.717) is 12.5 Å². The van der Waals surface area contributed by atoms with Gasteiger partial charge in [-0.05, 0) is 69.7 Å². The summed E-state index contributed by atoms with van der Waals surface area (Å²) >= 11 is 0. The standard InChI is InChI=1S/C27H37N5O5Si/c1-17-15-21-18(11-14-38(21,6)7)16-20(17)37-22-10-9-19(36-22)24(33)29-23-25(34-4)30-27(31-26(23)35-5)28-12-8-13-32(2)3/h9-10,15-16H,8,11-14H2,1-7H3,(H,29,33)(H,28,30,31). The molecule has 11 heteroatoms. The van der Waals surface area contributed by atoms with Crippen molar-refractivity contribution in [3.05, 3.63) is 41.2 Å². The molecule has 3 aromatic rings. The summed E-state index contributed by atoms with van der Waals surface area (Å²) in [4.78, 5) is 23.9. The number of aryl methyl sites for hydroxylation is 2. The molecule has 0 fully saturated rings. The molecule has 0 saturated heterocycles. The highest BCUT2D eigenvalue weighted by molar-refractivity contribution is 6.91. The average molecular weight is 540 g/mol. The molecule has 1 aromatic carbocycles. The Bertz CT molecular complexity index is 1280. The largest absolute Gasteiger partial charge is 0.479 e. The van der Waals surface area contributed by atoms with E-state index in [0.717, 1.165) is 30.7 Å². The van der Waals surface area contributed by atoms with Crippen LogP contribution in [0.3, 0.4) is 0 Å². The van der Waals surface area contributed by atoms with Crippen molar-refractivity contribution in [1.29, 1.82) is 0 Å².